The number of anilines is 3. The lowest BCUT2D eigenvalue weighted by atomic mass is 10.1. The van der Waals surface area contributed by atoms with E-state index < -0.39 is 10.0 Å². The molecule has 0 unspecified atom stereocenters. The smallest absolute Gasteiger partial charge is 0.232 e. The van der Waals surface area contributed by atoms with Crippen LogP contribution in [0.5, 0.6) is 5.88 Å². The highest BCUT2D eigenvalue weighted by atomic mass is 32.2. The minimum atomic E-state index is -3.29. The lowest BCUT2D eigenvalue weighted by molar-refractivity contribution is 0.398. The van der Waals surface area contributed by atoms with E-state index in [1.54, 1.807) is 38.4 Å². The maximum Gasteiger partial charge on any atom is 0.232 e. The average Bonchev–Trinajstić information content (AvgIpc) is 3.12. The Hall–Kier alpha value is -3.07. The van der Waals surface area contributed by atoms with Crippen LogP contribution in [0.4, 0.5) is 17.2 Å². The predicted octanol–water partition coefficient (Wildman–Crippen LogP) is 3.29. The number of hydrogen-bond acceptors (Lipinski definition) is 6. The average molecular weight is 387 g/mol. The Morgan fingerprint density at radius 2 is 1.93 bits per heavy atom. The van der Waals surface area contributed by atoms with Crippen molar-refractivity contribution in [2.75, 3.05) is 22.9 Å². The Kier molecular flexibility index (Phi) is 5.31. The van der Waals surface area contributed by atoms with Gasteiger partial charge < -0.3 is 10.1 Å². The first-order chi connectivity index (χ1) is 12.9. The molecule has 142 valence electrons. The third-order valence-corrected chi connectivity index (χ3v) is 5.28. The predicted molar refractivity (Wildman–Crippen MR) is 106 cm³/mol. The van der Waals surface area contributed by atoms with Crippen LogP contribution in [0, 0.1) is 6.92 Å². The van der Waals surface area contributed by atoms with Crippen molar-refractivity contribution < 1.29 is 13.2 Å². The lowest BCUT2D eigenvalue weighted by Crippen LogP contribution is -2.14. The number of nitrogens with one attached hydrogen (secondary N) is 3. The molecule has 2 aromatic heterocycles. The molecule has 8 nitrogen and oxygen atoms in total. The summed E-state index contributed by atoms with van der Waals surface area (Å²) in [4.78, 5) is 4.15. The molecule has 3 aromatic rings. The summed E-state index contributed by atoms with van der Waals surface area (Å²) in [5.41, 5.74) is 4.04. The first-order valence-electron chi connectivity index (χ1n) is 8.34. The molecule has 9 heteroatoms. The van der Waals surface area contributed by atoms with Gasteiger partial charge in [-0.3, -0.25) is 9.82 Å². The van der Waals surface area contributed by atoms with Gasteiger partial charge in [0.1, 0.15) is 0 Å². The standard InChI is InChI=1S/C18H21N5O3S/c1-4-27(24,25)23-14-7-5-13(6-8-14)16-9-17(22-21-16)20-15-10-18(26-3)19-11-12(15)2/h5-11,23H,4H2,1-3H3,(H2,19,20,21,22). The SMILES string of the molecule is CCS(=O)(=O)Nc1ccc(-c2cc(Nc3cc(OC)ncc3C)n[nH]2)cc1. The highest BCUT2D eigenvalue weighted by Crippen LogP contribution is 2.26. The minimum absolute atomic E-state index is 0.0313. The fourth-order valence-corrected chi connectivity index (χ4v) is 3.03. The van der Waals surface area contributed by atoms with E-state index >= 15 is 0 Å². The van der Waals surface area contributed by atoms with Gasteiger partial charge in [0.15, 0.2) is 5.82 Å². The monoisotopic (exact) mass is 387 g/mol. The molecule has 3 N–H and O–H groups in total. The number of H-pyrrole nitrogens is 1. The van der Waals surface area contributed by atoms with Crippen molar-refractivity contribution in [1.82, 2.24) is 15.2 Å². The summed E-state index contributed by atoms with van der Waals surface area (Å²) in [6.07, 6.45) is 1.73. The molecule has 0 radical (unpaired) electrons. The van der Waals surface area contributed by atoms with Crippen molar-refractivity contribution >= 4 is 27.2 Å². The number of aryl methyl sites for hydroxylation is 1. The second-order valence-electron chi connectivity index (χ2n) is 5.92. The van der Waals surface area contributed by atoms with Gasteiger partial charge in [0.05, 0.1) is 18.6 Å². The summed E-state index contributed by atoms with van der Waals surface area (Å²) in [6.45, 7) is 3.54. The molecule has 0 saturated heterocycles. The maximum atomic E-state index is 11.6. The Labute approximate surface area is 158 Å². The van der Waals surface area contributed by atoms with E-state index in [4.69, 9.17) is 4.74 Å². The van der Waals surface area contributed by atoms with Crippen molar-refractivity contribution in [2.45, 2.75) is 13.8 Å². The van der Waals surface area contributed by atoms with Crippen LogP contribution in [0.25, 0.3) is 11.3 Å². The van der Waals surface area contributed by atoms with Gasteiger partial charge in [-0.05, 0) is 37.1 Å². The third kappa shape index (κ3) is 4.56. The summed E-state index contributed by atoms with van der Waals surface area (Å²) < 4.78 is 30.9. The number of aromatic nitrogens is 3. The van der Waals surface area contributed by atoms with E-state index in [1.807, 2.05) is 25.1 Å². The summed E-state index contributed by atoms with van der Waals surface area (Å²) in [5, 5.41) is 10.5. The van der Waals surface area contributed by atoms with E-state index in [9.17, 15) is 8.42 Å². The summed E-state index contributed by atoms with van der Waals surface area (Å²) >= 11 is 0. The van der Waals surface area contributed by atoms with Gasteiger partial charge in [-0.25, -0.2) is 13.4 Å². The Morgan fingerprint density at radius 1 is 1.19 bits per heavy atom. The molecule has 0 aliphatic carbocycles. The number of nitrogens with zero attached hydrogens (tertiary/aromatic N) is 2. The zero-order chi connectivity index (χ0) is 19.4. The van der Waals surface area contributed by atoms with E-state index in [-0.39, 0.29) is 5.75 Å². The van der Waals surface area contributed by atoms with Crippen LogP contribution in [0.3, 0.4) is 0 Å². The number of sulfonamides is 1. The van der Waals surface area contributed by atoms with Crippen molar-refractivity contribution in [3.05, 3.63) is 48.2 Å². The molecule has 0 atom stereocenters. The molecule has 2 heterocycles. The number of rotatable bonds is 7. The molecular formula is C18H21N5O3S. The number of pyridine rings is 1. The summed E-state index contributed by atoms with van der Waals surface area (Å²) in [6, 6.07) is 10.8. The van der Waals surface area contributed by atoms with Gasteiger partial charge in [-0.1, -0.05) is 12.1 Å². The number of methoxy groups -OCH3 is 1. The summed E-state index contributed by atoms with van der Waals surface area (Å²) in [5.74, 6) is 1.20. The third-order valence-electron chi connectivity index (χ3n) is 3.98. The molecule has 3 rings (SSSR count). The molecule has 1 aromatic carbocycles. The largest absolute Gasteiger partial charge is 0.481 e. The zero-order valence-corrected chi connectivity index (χ0v) is 16.1. The maximum absolute atomic E-state index is 11.6. The molecule has 0 aliphatic rings. The van der Waals surface area contributed by atoms with Crippen LogP contribution in [-0.4, -0.2) is 36.5 Å². The van der Waals surface area contributed by atoms with Gasteiger partial charge in [-0.15, -0.1) is 0 Å². The van der Waals surface area contributed by atoms with Crippen LogP contribution in [0.1, 0.15) is 12.5 Å². The molecule has 0 amide bonds. The first-order valence-corrected chi connectivity index (χ1v) is 9.99. The van der Waals surface area contributed by atoms with E-state index in [2.05, 4.69) is 25.2 Å². The molecule has 27 heavy (non-hydrogen) atoms. The van der Waals surface area contributed by atoms with E-state index in [0.29, 0.717) is 17.4 Å². The van der Waals surface area contributed by atoms with Crippen molar-refractivity contribution in [3.63, 3.8) is 0 Å². The molecule has 0 spiro atoms. The van der Waals surface area contributed by atoms with Gasteiger partial charge in [-0.2, -0.15) is 5.10 Å². The topological polar surface area (TPSA) is 109 Å². The lowest BCUT2D eigenvalue weighted by Gasteiger charge is -2.08. The van der Waals surface area contributed by atoms with Crippen LogP contribution < -0.4 is 14.8 Å². The van der Waals surface area contributed by atoms with E-state index in [1.165, 1.54) is 0 Å². The number of hydrogen-bond donors (Lipinski definition) is 3. The number of ether oxygens (including phenoxy) is 1. The van der Waals surface area contributed by atoms with Crippen LogP contribution >= 0.6 is 0 Å². The van der Waals surface area contributed by atoms with Crippen LogP contribution in [0.15, 0.2) is 42.6 Å². The first kappa shape index (κ1) is 18.7. The second kappa shape index (κ2) is 7.67. The van der Waals surface area contributed by atoms with Crippen molar-refractivity contribution in [1.29, 1.82) is 0 Å². The van der Waals surface area contributed by atoms with Crippen LogP contribution in [-0.2, 0) is 10.0 Å². The highest BCUT2D eigenvalue weighted by Gasteiger charge is 2.09. The molecule has 0 fully saturated rings. The number of benzene rings is 1. The highest BCUT2D eigenvalue weighted by molar-refractivity contribution is 7.92. The Morgan fingerprint density at radius 3 is 2.59 bits per heavy atom. The van der Waals surface area contributed by atoms with Crippen molar-refractivity contribution in [2.24, 2.45) is 0 Å². The van der Waals surface area contributed by atoms with Crippen LogP contribution in [0.2, 0.25) is 0 Å². The summed E-state index contributed by atoms with van der Waals surface area (Å²) in [7, 11) is -1.72. The normalized spacial score (nSPS) is 11.2. The Bertz CT molecular complexity index is 1030. The molecule has 0 aliphatic heterocycles. The van der Waals surface area contributed by atoms with Gasteiger partial charge in [0, 0.05) is 29.7 Å². The minimum Gasteiger partial charge on any atom is -0.481 e. The van der Waals surface area contributed by atoms with E-state index in [0.717, 1.165) is 22.5 Å². The van der Waals surface area contributed by atoms with Crippen molar-refractivity contribution in [3.8, 4) is 17.1 Å². The Balaban J connectivity index is 1.76. The second-order valence-corrected chi connectivity index (χ2v) is 7.93. The molecule has 0 saturated carbocycles. The van der Waals surface area contributed by atoms with Gasteiger partial charge in [0.2, 0.25) is 15.9 Å². The zero-order valence-electron chi connectivity index (χ0n) is 15.3. The fourth-order valence-electron chi connectivity index (χ4n) is 2.39. The molecular weight excluding hydrogens is 366 g/mol. The molecule has 0 bridgehead atoms. The van der Waals surface area contributed by atoms with Gasteiger partial charge in [0.25, 0.3) is 0 Å². The number of aromatic amines is 1. The quantitative estimate of drug-likeness (QED) is 0.574. The fraction of sp³-hybridized carbons (Fsp3) is 0.222. The van der Waals surface area contributed by atoms with Gasteiger partial charge >= 0.3 is 0 Å².